The molecule has 2 N–H and O–H groups in total. The summed E-state index contributed by atoms with van der Waals surface area (Å²) >= 11 is 0. The molecule has 0 aromatic heterocycles. The van der Waals surface area contributed by atoms with E-state index in [1.54, 1.807) is 0 Å². The molecular formula is C17H28N2O. The van der Waals surface area contributed by atoms with Gasteiger partial charge in [0.1, 0.15) is 6.04 Å². The number of rotatable bonds is 7. The molecule has 1 aromatic carbocycles. The molecular weight excluding hydrogens is 248 g/mol. The second-order valence-electron chi connectivity index (χ2n) is 5.74. The van der Waals surface area contributed by atoms with E-state index in [1.807, 2.05) is 35.2 Å². The highest BCUT2D eigenvalue weighted by Gasteiger charge is 2.27. The standard InChI is InChI=1S/C17H28N2O/c1-5-15(6-2)19(12-13(3)4)17(20)16(18)14-10-8-7-9-11-14/h7-11,13,15-16H,5-6,12,18H2,1-4H3/t16-/m0/s1. The molecule has 0 unspecified atom stereocenters. The summed E-state index contributed by atoms with van der Waals surface area (Å²) in [6.45, 7) is 9.30. The van der Waals surface area contributed by atoms with E-state index >= 15 is 0 Å². The van der Waals surface area contributed by atoms with Gasteiger partial charge >= 0.3 is 0 Å². The van der Waals surface area contributed by atoms with Crippen molar-refractivity contribution < 1.29 is 4.79 Å². The third kappa shape index (κ3) is 4.34. The molecule has 1 atom stereocenters. The molecule has 0 heterocycles. The number of nitrogens with zero attached hydrogens (tertiary/aromatic N) is 1. The molecule has 0 saturated carbocycles. The molecule has 20 heavy (non-hydrogen) atoms. The monoisotopic (exact) mass is 276 g/mol. The highest BCUT2D eigenvalue weighted by atomic mass is 16.2. The lowest BCUT2D eigenvalue weighted by molar-refractivity contribution is -0.136. The Kier molecular flexibility index (Phi) is 6.73. The maximum atomic E-state index is 12.7. The minimum absolute atomic E-state index is 0.0404. The van der Waals surface area contributed by atoms with Crippen molar-refractivity contribution >= 4 is 5.91 Å². The molecule has 0 bridgehead atoms. The van der Waals surface area contributed by atoms with Gasteiger partial charge < -0.3 is 10.6 Å². The number of amides is 1. The van der Waals surface area contributed by atoms with Gasteiger partial charge in [-0.3, -0.25) is 4.79 Å². The van der Waals surface area contributed by atoms with Gasteiger partial charge in [0.2, 0.25) is 5.91 Å². The molecule has 3 heteroatoms. The van der Waals surface area contributed by atoms with Crippen LogP contribution in [0.1, 0.15) is 52.1 Å². The number of carbonyl (C=O) groups excluding carboxylic acids is 1. The molecule has 0 aliphatic heterocycles. The van der Waals surface area contributed by atoms with E-state index < -0.39 is 6.04 Å². The van der Waals surface area contributed by atoms with Gasteiger partial charge in [0.05, 0.1) is 0 Å². The molecule has 1 aromatic rings. The summed E-state index contributed by atoms with van der Waals surface area (Å²) < 4.78 is 0. The van der Waals surface area contributed by atoms with Crippen molar-refractivity contribution in [2.75, 3.05) is 6.54 Å². The number of hydrogen-bond acceptors (Lipinski definition) is 2. The zero-order chi connectivity index (χ0) is 15.1. The van der Waals surface area contributed by atoms with E-state index in [0.29, 0.717) is 5.92 Å². The molecule has 0 radical (unpaired) electrons. The molecule has 3 nitrogen and oxygen atoms in total. The molecule has 0 fully saturated rings. The summed E-state index contributed by atoms with van der Waals surface area (Å²) in [6.07, 6.45) is 1.94. The van der Waals surface area contributed by atoms with Crippen LogP contribution in [0.4, 0.5) is 0 Å². The average Bonchev–Trinajstić information content (AvgIpc) is 2.46. The van der Waals surface area contributed by atoms with Gasteiger partial charge in [-0.15, -0.1) is 0 Å². The minimum Gasteiger partial charge on any atom is -0.338 e. The zero-order valence-corrected chi connectivity index (χ0v) is 13.2. The van der Waals surface area contributed by atoms with Crippen molar-refractivity contribution in [2.24, 2.45) is 11.7 Å². The molecule has 1 amide bonds. The predicted molar refractivity (Wildman–Crippen MR) is 84.3 cm³/mol. The fraction of sp³-hybridized carbons (Fsp3) is 0.588. The van der Waals surface area contributed by atoms with Crippen molar-refractivity contribution in [3.63, 3.8) is 0 Å². The van der Waals surface area contributed by atoms with Gasteiger partial charge in [0.25, 0.3) is 0 Å². The average molecular weight is 276 g/mol. The molecule has 0 saturated heterocycles. The molecule has 0 aliphatic rings. The first-order valence-electron chi connectivity index (χ1n) is 7.62. The quantitative estimate of drug-likeness (QED) is 0.830. The number of carbonyl (C=O) groups is 1. The summed E-state index contributed by atoms with van der Waals surface area (Å²) in [5.74, 6) is 0.487. The lowest BCUT2D eigenvalue weighted by Crippen LogP contribution is -2.46. The summed E-state index contributed by atoms with van der Waals surface area (Å²) in [7, 11) is 0. The van der Waals surface area contributed by atoms with Crippen LogP contribution in [-0.4, -0.2) is 23.4 Å². The van der Waals surface area contributed by atoms with Crippen molar-refractivity contribution in [2.45, 2.75) is 52.6 Å². The van der Waals surface area contributed by atoms with Crippen molar-refractivity contribution in [3.05, 3.63) is 35.9 Å². The van der Waals surface area contributed by atoms with Crippen LogP contribution in [0.5, 0.6) is 0 Å². The van der Waals surface area contributed by atoms with Gasteiger partial charge in [-0.25, -0.2) is 0 Å². The minimum atomic E-state index is -0.560. The second-order valence-corrected chi connectivity index (χ2v) is 5.74. The predicted octanol–water partition coefficient (Wildman–Crippen LogP) is 3.36. The number of nitrogens with two attached hydrogens (primary N) is 1. The molecule has 1 rings (SSSR count). The lowest BCUT2D eigenvalue weighted by Gasteiger charge is -2.34. The molecule has 0 aliphatic carbocycles. The Morgan fingerprint density at radius 1 is 1.15 bits per heavy atom. The highest BCUT2D eigenvalue weighted by Crippen LogP contribution is 2.19. The third-order valence-electron chi connectivity index (χ3n) is 3.65. The first kappa shape index (κ1) is 16.7. The van der Waals surface area contributed by atoms with E-state index in [4.69, 9.17) is 5.73 Å². The lowest BCUT2D eigenvalue weighted by atomic mass is 10.0. The van der Waals surface area contributed by atoms with Crippen LogP contribution in [-0.2, 0) is 4.79 Å². The van der Waals surface area contributed by atoms with Crippen LogP contribution in [0, 0.1) is 5.92 Å². The van der Waals surface area contributed by atoms with E-state index in [-0.39, 0.29) is 11.9 Å². The van der Waals surface area contributed by atoms with E-state index in [9.17, 15) is 4.79 Å². The van der Waals surface area contributed by atoms with Crippen LogP contribution in [0.15, 0.2) is 30.3 Å². The Balaban J connectivity index is 2.92. The zero-order valence-electron chi connectivity index (χ0n) is 13.2. The molecule has 0 spiro atoms. The number of benzene rings is 1. The Bertz CT molecular complexity index is 399. The maximum absolute atomic E-state index is 12.7. The smallest absolute Gasteiger partial charge is 0.244 e. The first-order valence-corrected chi connectivity index (χ1v) is 7.62. The van der Waals surface area contributed by atoms with Gasteiger partial charge in [-0.1, -0.05) is 58.0 Å². The van der Waals surface area contributed by atoms with Gasteiger partial charge in [-0.2, -0.15) is 0 Å². The molecule has 112 valence electrons. The van der Waals surface area contributed by atoms with Crippen molar-refractivity contribution in [3.8, 4) is 0 Å². The third-order valence-corrected chi connectivity index (χ3v) is 3.65. The Labute approximate surface area is 123 Å². The normalized spacial score (nSPS) is 12.8. The van der Waals surface area contributed by atoms with Crippen LogP contribution < -0.4 is 5.73 Å². The summed E-state index contributed by atoms with van der Waals surface area (Å²) in [4.78, 5) is 14.7. The largest absolute Gasteiger partial charge is 0.338 e. The Morgan fingerprint density at radius 3 is 2.15 bits per heavy atom. The fourth-order valence-corrected chi connectivity index (χ4v) is 2.52. The van der Waals surface area contributed by atoms with Crippen LogP contribution in [0.25, 0.3) is 0 Å². The van der Waals surface area contributed by atoms with Crippen LogP contribution in [0.2, 0.25) is 0 Å². The Hall–Kier alpha value is -1.35. The summed E-state index contributed by atoms with van der Waals surface area (Å²) in [5, 5.41) is 0. The maximum Gasteiger partial charge on any atom is 0.244 e. The SMILES string of the molecule is CCC(CC)N(CC(C)C)C(=O)[C@@H](N)c1ccccc1. The van der Waals surface area contributed by atoms with Gasteiger partial charge in [-0.05, 0) is 24.3 Å². The van der Waals surface area contributed by atoms with Crippen molar-refractivity contribution in [1.29, 1.82) is 0 Å². The van der Waals surface area contributed by atoms with E-state index in [0.717, 1.165) is 24.9 Å². The first-order chi connectivity index (χ1) is 9.51. The van der Waals surface area contributed by atoms with Crippen LogP contribution >= 0.6 is 0 Å². The second kappa shape index (κ2) is 8.05. The fourth-order valence-electron chi connectivity index (χ4n) is 2.52. The topological polar surface area (TPSA) is 46.3 Å². The Morgan fingerprint density at radius 2 is 1.70 bits per heavy atom. The van der Waals surface area contributed by atoms with E-state index in [1.165, 1.54) is 0 Å². The van der Waals surface area contributed by atoms with Crippen molar-refractivity contribution in [1.82, 2.24) is 4.90 Å². The van der Waals surface area contributed by atoms with Gasteiger partial charge in [0, 0.05) is 12.6 Å². The van der Waals surface area contributed by atoms with Crippen LogP contribution in [0.3, 0.4) is 0 Å². The highest BCUT2D eigenvalue weighted by molar-refractivity contribution is 5.83. The van der Waals surface area contributed by atoms with Gasteiger partial charge in [0.15, 0.2) is 0 Å². The number of hydrogen-bond donors (Lipinski definition) is 1. The van der Waals surface area contributed by atoms with E-state index in [2.05, 4.69) is 27.7 Å². The summed E-state index contributed by atoms with van der Waals surface area (Å²) in [6, 6.07) is 9.34. The summed E-state index contributed by atoms with van der Waals surface area (Å²) in [5.41, 5.74) is 7.06.